The van der Waals surface area contributed by atoms with Crippen LogP contribution in [-0.4, -0.2) is 30.1 Å². The smallest absolute Gasteiger partial charge is 0.120 e. The second-order valence-corrected chi connectivity index (χ2v) is 6.41. The van der Waals surface area contributed by atoms with Crippen LogP contribution >= 0.6 is 0 Å². The fourth-order valence-electron chi connectivity index (χ4n) is 3.87. The first-order chi connectivity index (χ1) is 9.13. The van der Waals surface area contributed by atoms with E-state index >= 15 is 0 Å². The SMILES string of the molecule is Cc1ccc(C(C)NC2CC3CCCC(C2)N3C)o1. The van der Waals surface area contributed by atoms with Gasteiger partial charge in [-0.3, -0.25) is 0 Å². The second-order valence-electron chi connectivity index (χ2n) is 6.41. The third kappa shape index (κ3) is 2.72. The van der Waals surface area contributed by atoms with Gasteiger partial charge in [-0.05, 0) is 58.7 Å². The van der Waals surface area contributed by atoms with Crippen molar-refractivity contribution in [3.05, 3.63) is 23.7 Å². The molecule has 0 radical (unpaired) electrons. The van der Waals surface area contributed by atoms with Crippen molar-refractivity contribution in [3.63, 3.8) is 0 Å². The maximum Gasteiger partial charge on any atom is 0.120 e. The van der Waals surface area contributed by atoms with Crippen LogP contribution in [0.2, 0.25) is 0 Å². The zero-order valence-electron chi connectivity index (χ0n) is 12.4. The summed E-state index contributed by atoms with van der Waals surface area (Å²) < 4.78 is 5.73. The van der Waals surface area contributed by atoms with E-state index in [2.05, 4.69) is 36.3 Å². The molecule has 2 bridgehead atoms. The molecule has 1 N–H and O–H groups in total. The van der Waals surface area contributed by atoms with E-state index in [0.717, 1.165) is 23.6 Å². The van der Waals surface area contributed by atoms with Crippen molar-refractivity contribution in [1.82, 2.24) is 10.2 Å². The first kappa shape index (κ1) is 13.2. The highest BCUT2D eigenvalue weighted by atomic mass is 16.3. The van der Waals surface area contributed by atoms with Crippen molar-refractivity contribution < 1.29 is 4.42 Å². The van der Waals surface area contributed by atoms with E-state index in [1.165, 1.54) is 32.1 Å². The molecule has 2 saturated heterocycles. The zero-order valence-corrected chi connectivity index (χ0v) is 12.4. The molecular weight excluding hydrogens is 236 g/mol. The molecule has 1 aromatic heterocycles. The second kappa shape index (κ2) is 5.29. The average molecular weight is 262 g/mol. The minimum atomic E-state index is 0.322. The molecule has 3 unspecified atom stereocenters. The molecule has 0 aromatic carbocycles. The van der Waals surface area contributed by atoms with Crippen LogP contribution in [0.5, 0.6) is 0 Å². The first-order valence-electron chi connectivity index (χ1n) is 7.68. The van der Waals surface area contributed by atoms with Crippen LogP contribution in [0.3, 0.4) is 0 Å². The van der Waals surface area contributed by atoms with Gasteiger partial charge in [0, 0.05) is 18.1 Å². The van der Waals surface area contributed by atoms with Crippen LogP contribution in [0.15, 0.2) is 16.5 Å². The quantitative estimate of drug-likeness (QED) is 0.906. The Labute approximate surface area is 116 Å². The van der Waals surface area contributed by atoms with Gasteiger partial charge in [-0.2, -0.15) is 0 Å². The predicted octanol–water partition coefficient (Wildman–Crippen LogP) is 3.25. The predicted molar refractivity (Wildman–Crippen MR) is 77.2 cm³/mol. The molecule has 3 heterocycles. The number of fused-ring (bicyclic) bond motifs is 2. The average Bonchev–Trinajstić information content (AvgIpc) is 2.77. The molecule has 2 aliphatic heterocycles. The van der Waals surface area contributed by atoms with Crippen molar-refractivity contribution in [3.8, 4) is 0 Å². The van der Waals surface area contributed by atoms with Gasteiger partial charge < -0.3 is 14.6 Å². The summed E-state index contributed by atoms with van der Waals surface area (Å²) in [5.74, 6) is 2.07. The normalized spacial score (nSPS) is 33.3. The standard InChI is InChI=1S/C16H26N2O/c1-11-7-8-16(19-11)12(2)17-13-9-14-5-4-6-15(10-13)18(14)3/h7-8,12-15,17H,4-6,9-10H2,1-3H3. The van der Waals surface area contributed by atoms with Gasteiger partial charge in [0.1, 0.15) is 11.5 Å². The summed E-state index contributed by atoms with van der Waals surface area (Å²) in [6.07, 6.45) is 6.74. The minimum Gasteiger partial charge on any atom is -0.465 e. The summed E-state index contributed by atoms with van der Waals surface area (Å²) in [5.41, 5.74) is 0. The highest BCUT2D eigenvalue weighted by molar-refractivity contribution is 5.09. The van der Waals surface area contributed by atoms with Crippen LogP contribution in [0.1, 0.15) is 56.6 Å². The number of aryl methyl sites for hydroxylation is 1. The molecular formula is C16H26N2O. The molecule has 2 fully saturated rings. The van der Waals surface area contributed by atoms with Crippen molar-refractivity contribution >= 4 is 0 Å². The van der Waals surface area contributed by atoms with Crippen LogP contribution < -0.4 is 5.32 Å². The first-order valence-corrected chi connectivity index (χ1v) is 7.68. The molecule has 2 aliphatic rings. The van der Waals surface area contributed by atoms with Gasteiger partial charge >= 0.3 is 0 Å². The van der Waals surface area contributed by atoms with Crippen LogP contribution in [0, 0.1) is 6.92 Å². The molecule has 3 heteroatoms. The number of nitrogens with one attached hydrogen (secondary N) is 1. The molecule has 0 spiro atoms. The van der Waals surface area contributed by atoms with E-state index in [9.17, 15) is 0 Å². The molecule has 19 heavy (non-hydrogen) atoms. The van der Waals surface area contributed by atoms with Gasteiger partial charge in [0.15, 0.2) is 0 Å². The molecule has 3 atom stereocenters. The van der Waals surface area contributed by atoms with Gasteiger partial charge in [-0.25, -0.2) is 0 Å². The Morgan fingerprint density at radius 2 is 1.95 bits per heavy atom. The third-order valence-corrected chi connectivity index (χ3v) is 5.01. The topological polar surface area (TPSA) is 28.4 Å². The Hall–Kier alpha value is -0.800. The van der Waals surface area contributed by atoms with Gasteiger partial charge in [0.05, 0.1) is 6.04 Å². The summed E-state index contributed by atoms with van der Waals surface area (Å²) in [6, 6.07) is 6.69. The Morgan fingerprint density at radius 3 is 2.53 bits per heavy atom. The maximum atomic E-state index is 5.73. The Kier molecular flexibility index (Phi) is 3.68. The summed E-state index contributed by atoms with van der Waals surface area (Å²) in [4.78, 5) is 2.61. The highest BCUT2D eigenvalue weighted by Gasteiger charge is 2.36. The van der Waals surface area contributed by atoms with E-state index in [1.807, 2.05) is 6.92 Å². The van der Waals surface area contributed by atoms with E-state index in [1.54, 1.807) is 0 Å². The molecule has 106 valence electrons. The lowest BCUT2D eigenvalue weighted by molar-refractivity contribution is 0.0456. The molecule has 0 aliphatic carbocycles. The summed E-state index contributed by atoms with van der Waals surface area (Å²) in [7, 11) is 2.31. The molecule has 3 rings (SSSR count). The van der Waals surface area contributed by atoms with Crippen LogP contribution in [0.4, 0.5) is 0 Å². The maximum absolute atomic E-state index is 5.73. The molecule has 0 saturated carbocycles. The van der Waals surface area contributed by atoms with Crippen molar-refractivity contribution in [2.45, 2.75) is 70.1 Å². The van der Waals surface area contributed by atoms with Gasteiger partial charge in [0.2, 0.25) is 0 Å². The summed E-state index contributed by atoms with van der Waals surface area (Å²) in [6.45, 7) is 4.22. The third-order valence-electron chi connectivity index (χ3n) is 5.01. The van der Waals surface area contributed by atoms with Gasteiger partial charge in [-0.15, -0.1) is 0 Å². The zero-order chi connectivity index (χ0) is 13.4. The van der Waals surface area contributed by atoms with E-state index < -0.39 is 0 Å². The van der Waals surface area contributed by atoms with Gasteiger partial charge in [0.25, 0.3) is 0 Å². The lowest BCUT2D eigenvalue weighted by Crippen LogP contribution is -2.54. The summed E-state index contributed by atoms with van der Waals surface area (Å²) in [5, 5.41) is 3.78. The molecule has 3 nitrogen and oxygen atoms in total. The number of piperidine rings is 2. The van der Waals surface area contributed by atoms with Crippen LogP contribution in [0.25, 0.3) is 0 Å². The summed E-state index contributed by atoms with van der Waals surface area (Å²) >= 11 is 0. The van der Waals surface area contributed by atoms with E-state index in [-0.39, 0.29) is 0 Å². The van der Waals surface area contributed by atoms with Crippen molar-refractivity contribution in [1.29, 1.82) is 0 Å². The minimum absolute atomic E-state index is 0.322. The number of hydrogen-bond donors (Lipinski definition) is 1. The number of hydrogen-bond acceptors (Lipinski definition) is 3. The molecule has 1 aromatic rings. The van der Waals surface area contributed by atoms with E-state index in [4.69, 9.17) is 4.42 Å². The monoisotopic (exact) mass is 262 g/mol. The Bertz CT molecular complexity index is 414. The lowest BCUT2D eigenvalue weighted by Gasteiger charge is -2.47. The van der Waals surface area contributed by atoms with E-state index in [0.29, 0.717) is 12.1 Å². The lowest BCUT2D eigenvalue weighted by atomic mass is 9.82. The van der Waals surface area contributed by atoms with Crippen molar-refractivity contribution in [2.75, 3.05) is 7.05 Å². The Morgan fingerprint density at radius 1 is 1.26 bits per heavy atom. The Balaban J connectivity index is 1.61. The number of furan rings is 1. The fraction of sp³-hybridized carbons (Fsp3) is 0.750. The number of nitrogens with zero attached hydrogens (tertiary/aromatic N) is 1. The van der Waals surface area contributed by atoms with Crippen molar-refractivity contribution in [2.24, 2.45) is 0 Å². The molecule has 0 amide bonds. The van der Waals surface area contributed by atoms with Crippen LogP contribution in [-0.2, 0) is 0 Å². The number of rotatable bonds is 3. The fourth-order valence-corrected chi connectivity index (χ4v) is 3.87. The highest BCUT2D eigenvalue weighted by Crippen LogP contribution is 2.33. The van der Waals surface area contributed by atoms with Gasteiger partial charge in [-0.1, -0.05) is 6.42 Å². The largest absolute Gasteiger partial charge is 0.465 e.